The first-order valence-electron chi connectivity index (χ1n) is 9.68. The van der Waals surface area contributed by atoms with Crippen molar-refractivity contribution in [2.75, 3.05) is 25.9 Å². The van der Waals surface area contributed by atoms with Gasteiger partial charge in [0.15, 0.2) is 9.84 Å². The summed E-state index contributed by atoms with van der Waals surface area (Å²) < 4.78 is 24.7. The lowest BCUT2D eigenvalue weighted by Crippen LogP contribution is -2.44. The lowest BCUT2D eigenvalue weighted by atomic mass is 10.0. The number of piperidine rings is 1. The average Bonchev–Trinajstić information content (AvgIpc) is 2.73. The minimum Gasteiger partial charge on any atom is -0.358 e. The normalized spacial score (nSPS) is 15.2. The van der Waals surface area contributed by atoms with E-state index in [0.29, 0.717) is 31.5 Å². The molecule has 1 fully saturated rings. The Labute approximate surface area is 171 Å². The van der Waals surface area contributed by atoms with E-state index in [1.165, 1.54) is 12.6 Å². The molecular formula is C22H26N2O4S. The molecule has 1 aliphatic heterocycles. The molecule has 1 heterocycles. The molecule has 6 nitrogen and oxygen atoms in total. The van der Waals surface area contributed by atoms with Crippen LogP contribution in [0.25, 0.3) is 11.1 Å². The van der Waals surface area contributed by atoms with Crippen LogP contribution in [0.3, 0.4) is 0 Å². The molecule has 0 atom stereocenters. The van der Waals surface area contributed by atoms with Crippen molar-refractivity contribution >= 4 is 21.7 Å². The molecule has 29 heavy (non-hydrogen) atoms. The quantitative estimate of drug-likeness (QED) is 0.815. The molecule has 0 spiro atoms. The van der Waals surface area contributed by atoms with E-state index in [1.54, 1.807) is 4.90 Å². The number of carbonyl (C=O) groups is 2. The predicted molar refractivity (Wildman–Crippen MR) is 113 cm³/mol. The first kappa shape index (κ1) is 21.0. The molecule has 2 aromatic rings. The summed E-state index contributed by atoms with van der Waals surface area (Å²) >= 11 is 0. The number of likely N-dealkylation sites (tertiary alicyclic amines) is 1. The van der Waals surface area contributed by atoms with Gasteiger partial charge in [-0.1, -0.05) is 42.0 Å². The van der Waals surface area contributed by atoms with E-state index in [-0.39, 0.29) is 5.91 Å². The topological polar surface area (TPSA) is 83.6 Å². The van der Waals surface area contributed by atoms with E-state index in [4.69, 9.17) is 0 Å². The number of hydrogen-bond donors (Lipinski definition) is 1. The van der Waals surface area contributed by atoms with Gasteiger partial charge in [0.1, 0.15) is 5.75 Å². The Morgan fingerprint density at radius 2 is 1.48 bits per heavy atom. The van der Waals surface area contributed by atoms with Crippen LogP contribution in [-0.2, 0) is 14.6 Å². The zero-order valence-corrected chi connectivity index (χ0v) is 17.5. The van der Waals surface area contributed by atoms with Gasteiger partial charge < -0.3 is 10.2 Å². The van der Waals surface area contributed by atoms with Crippen molar-refractivity contribution in [1.82, 2.24) is 10.2 Å². The Morgan fingerprint density at radius 3 is 2.00 bits per heavy atom. The Morgan fingerprint density at radius 1 is 0.966 bits per heavy atom. The van der Waals surface area contributed by atoms with Crippen LogP contribution >= 0.6 is 0 Å². The van der Waals surface area contributed by atoms with Crippen molar-refractivity contribution in [2.45, 2.75) is 25.0 Å². The molecule has 0 aromatic heterocycles. The summed E-state index contributed by atoms with van der Waals surface area (Å²) in [6, 6.07) is 15.7. The minimum absolute atomic E-state index is 0.0948. The van der Waals surface area contributed by atoms with Gasteiger partial charge in [-0.2, -0.15) is 0 Å². The summed E-state index contributed by atoms with van der Waals surface area (Å²) in [6.07, 6.45) is 0.707. The second-order valence-electron chi connectivity index (χ2n) is 7.42. The molecule has 7 heteroatoms. The minimum atomic E-state index is -3.50. The maximum absolute atomic E-state index is 12.8. The van der Waals surface area contributed by atoms with Crippen LogP contribution in [0.2, 0.25) is 0 Å². The van der Waals surface area contributed by atoms with E-state index < -0.39 is 26.7 Å². The highest BCUT2D eigenvalue weighted by atomic mass is 32.2. The summed E-state index contributed by atoms with van der Waals surface area (Å²) in [5.41, 5.74) is 3.92. The first-order chi connectivity index (χ1) is 13.8. The Balaban J connectivity index is 1.62. The van der Waals surface area contributed by atoms with Crippen molar-refractivity contribution in [2.24, 2.45) is 0 Å². The number of rotatable bonds is 5. The van der Waals surface area contributed by atoms with Crippen LogP contribution < -0.4 is 5.32 Å². The van der Waals surface area contributed by atoms with Crippen molar-refractivity contribution < 1.29 is 18.0 Å². The molecule has 0 radical (unpaired) electrons. The molecular weight excluding hydrogens is 388 g/mol. The fourth-order valence-corrected chi connectivity index (χ4v) is 5.20. The van der Waals surface area contributed by atoms with E-state index in [1.807, 2.05) is 31.2 Å². The maximum Gasteiger partial charge on any atom is 0.253 e. The third-order valence-corrected chi connectivity index (χ3v) is 7.52. The van der Waals surface area contributed by atoms with Gasteiger partial charge in [-0.3, -0.25) is 9.59 Å². The second-order valence-corrected chi connectivity index (χ2v) is 9.70. The van der Waals surface area contributed by atoms with E-state index in [2.05, 4.69) is 29.6 Å². The maximum atomic E-state index is 12.8. The molecule has 0 saturated carbocycles. The van der Waals surface area contributed by atoms with Gasteiger partial charge in [0.05, 0.1) is 5.25 Å². The fourth-order valence-electron chi connectivity index (χ4n) is 3.52. The Bertz CT molecular complexity index is 974. The molecule has 2 aromatic carbocycles. The van der Waals surface area contributed by atoms with E-state index in [9.17, 15) is 18.0 Å². The molecule has 0 aliphatic carbocycles. The number of nitrogens with one attached hydrogen (secondary N) is 1. The largest absolute Gasteiger partial charge is 0.358 e. The standard InChI is InChI=1S/C22H26N2O4S/c1-16-3-5-17(6-4-16)18-7-9-19(10-8-18)22(26)24-13-11-20(12-14-24)29(27,28)15-21(25)23-2/h3-10,20H,11-15H2,1-2H3,(H,23,25). The van der Waals surface area contributed by atoms with Gasteiger partial charge in [0.25, 0.3) is 5.91 Å². The average molecular weight is 415 g/mol. The van der Waals surface area contributed by atoms with Crippen molar-refractivity contribution in [3.05, 3.63) is 59.7 Å². The summed E-state index contributed by atoms with van der Waals surface area (Å²) in [5.74, 6) is -1.09. The molecule has 1 N–H and O–H groups in total. The number of carbonyl (C=O) groups excluding carboxylic acids is 2. The lowest BCUT2D eigenvalue weighted by Gasteiger charge is -2.31. The van der Waals surface area contributed by atoms with Crippen LogP contribution in [0.4, 0.5) is 0 Å². The Hall–Kier alpha value is -2.67. The third-order valence-electron chi connectivity index (χ3n) is 5.36. The number of sulfone groups is 1. The number of nitrogens with zero attached hydrogens (tertiary/aromatic N) is 1. The highest BCUT2D eigenvalue weighted by Crippen LogP contribution is 2.23. The van der Waals surface area contributed by atoms with Crippen molar-refractivity contribution in [3.8, 4) is 11.1 Å². The van der Waals surface area contributed by atoms with Crippen LogP contribution in [0, 0.1) is 6.92 Å². The highest BCUT2D eigenvalue weighted by molar-refractivity contribution is 7.92. The predicted octanol–water partition coefficient (Wildman–Crippen LogP) is 2.43. The summed E-state index contributed by atoms with van der Waals surface area (Å²) in [6.45, 7) is 2.78. The zero-order valence-electron chi connectivity index (χ0n) is 16.7. The summed E-state index contributed by atoms with van der Waals surface area (Å²) in [5, 5.41) is 1.77. The summed E-state index contributed by atoms with van der Waals surface area (Å²) in [4.78, 5) is 25.9. The van der Waals surface area contributed by atoms with Crippen LogP contribution in [0.15, 0.2) is 48.5 Å². The Kier molecular flexibility index (Phi) is 6.37. The van der Waals surface area contributed by atoms with Gasteiger partial charge in [-0.25, -0.2) is 8.42 Å². The number of aryl methyl sites for hydroxylation is 1. The van der Waals surface area contributed by atoms with E-state index in [0.717, 1.165) is 11.1 Å². The SMILES string of the molecule is CNC(=O)CS(=O)(=O)C1CCN(C(=O)c2ccc(-c3ccc(C)cc3)cc2)CC1. The molecule has 1 saturated heterocycles. The molecule has 3 rings (SSSR count). The van der Waals surface area contributed by atoms with Crippen LogP contribution in [-0.4, -0.2) is 56.3 Å². The molecule has 2 amide bonds. The van der Waals surface area contributed by atoms with Gasteiger partial charge in [0.2, 0.25) is 5.91 Å². The van der Waals surface area contributed by atoms with Gasteiger partial charge >= 0.3 is 0 Å². The lowest BCUT2D eigenvalue weighted by molar-refractivity contribution is -0.118. The number of amides is 2. The van der Waals surface area contributed by atoms with Crippen molar-refractivity contribution in [3.63, 3.8) is 0 Å². The van der Waals surface area contributed by atoms with Gasteiger partial charge in [-0.15, -0.1) is 0 Å². The second kappa shape index (κ2) is 8.78. The zero-order chi connectivity index (χ0) is 21.0. The van der Waals surface area contributed by atoms with Crippen LogP contribution in [0.1, 0.15) is 28.8 Å². The molecule has 1 aliphatic rings. The monoisotopic (exact) mass is 414 g/mol. The molecule has 0 bridgehead atoms. The van der Waals surface area contributed by atoms with Crippen LogP contribution in [0.5, 0.6) is 0 Å². The number of benzene rings is 2. The molecule has 0 unspecified atom stereocenters. The first-order valence-corrected chi connectivity index (χ1v) is 11.4. The smallest absolute Gasteiger partial charge is 0.253 e. The molecule has 154 valence electrons. The van der Waals surface area contributed by atoms with Gasteiger partial charge in [-0.05, 0) is 43.0 Å². The highest BCUT2D eigenvalue weighted by Gasteiger charge is 2.33. The van der Waals surface area contributed by atoms with E-state index >= 15 is 0 Å². The third kappa shape index (κ3) is 5.03. The summed E-state index contributed by atoms with van der Waals surface area (Å²) in [7, 11) is -2.08. The number of hydrogen-bond acceptors (Lipinski definition) is 4. The van der Waals surface area contributed by atoms with Gasteiger partial charge in [0, 0.05) is 25.7 Å². The van der Waals surface area contributed by atoms with Crippen molar-refractivity contribution in [1.29, 1.82) is 0 Å². The fraction of sp³-hybridized carbons (Fsp3) is 0.364.